The molecular weight excluding hydrogens is 419 g/mol. The van der Waals surface area contributed by atoms with E-state index in [0.717, 1.165) is 10.7 Å². The maximum absolute atomic E-state index is 6.00. The van der Waals surface area contributed by atoms with E-state index in [1.165, 1.54) is 35.3 Å². The van der Waals surface area contributed by atoms with Gasteiger partial charge in [-0.25, -0.2) is 4.98 Å². The van der Waals surface area contributed by atoms with Crippen molar-refractivity contribution in [3.63, 3.8) is 0 Å². The third kappa shape index (κ3) is 4.67. The fourth-order valence-corrected chi connectivity index (χ4v) is 3.57. The van der Waals surface area contributed by atoms with E-state index >= 15 is 0 Å². The Morgan fingerprint density at radius 1 is 1.39 bits per heavy atom. The highest BCUT2D eigenvalue weighted by Gasteiger charge is 2.11. The van der Waals surface area contributed by atoms with E-state index in [2.05, 4.69) is 47.3 Å². The lowest BCUT2D eigenvalue weighted by atomic mass is 10.1. The van der Waals surface area contributed by atoms with Gasteiger partial charge in [0.15, 0.2) is 5.96 Å². The fraction of sp³-hybridized carbons (Fsp3) is 0.412. The van der Waals surface area contributed by atoms with Gasteiger partial charge in [-0.1, -0.05) is 13.0 Å². The third-order valence-corrected chi connectivity index (χ3v) is 5.11. The van der Waals surface area contributed by atoms with Crippen molar-refractivity contribution in [1.82, 2.24) is 4.98 Å². The van der Waals surface area contributed by atoms with E-state index in [1.807, 2.05) is 6.20 Å². The van der Waals surface area contributed by atoms with Gasteiger partial charge in [0.25, 0.3) is 0 Å². The van der Waals surface area contributed by atoms with Crippen LogP contribution in [-0.2, 0) is 12.8 Å². The Morgan fingerprint density at radius 3 is 2.91 bits per heavy atom. The van der Waals surface area contributed by atoms with Gasteiger partial charge in [0.2, 0.25) is 0 Å². The molecule has 2 aromatic rings. The summed E-state index contributed by atoms with van der Waals surface area (Å²) in [6, 6.07) is 6.47. The zero-order valence-electron chi connectivity index (χ0n) is 13.5. The lowest BCUT2D eigenvalue weighted by Gasteiger charge is -2.09. The molecule has 1 heterocycles. The van der Waals surface area contributed by atoms with E-state index in [-0.39, 0.29) is 24.0 Å². The summed E-state index contributed by atoms with van der Waals surface area (Å²) in [6.45, 7) is 4.85. The predicted octanol–water partition coefficient (Wildman–Crippen LogP) is 4.09. The highest BCUT2D eigenvalue weighted by Crippen LogP contribution is 2.25. The van der Waals surface area contributed by atoms with Gasteiger partial charge in [-0.3, -0.25) is 4.99 Å². The maximum atomic E-state index is 6.00. The van der Waals surface area contributed by atoms with Gasteiger partial charge in [-0.15, -0.1) is 35.3 Å². The first-order valence-electron chi connectivity index (χ1n) is 7.73. The number of hydrogen-bond acceptors (Lipinski definition) is 3. The summed E-state index contributed by atoms with van der Waals surface area (Å²) in [5.41, 5.74) is 9.93. The molecule has 1 aliphatic rings. The van der Waals surface area contributed by atoms with Crippen LogP contribution in [0.3, 0.4) is 0 Å². The Hall–Kier alpha value is -1.15. The number of nitrogens with zero attached hydrogens (tertiary/aromatic N) is 2. The van der Waals surface area contributed by atoms with Crippen molar-refractivity contribution in [2.75, 3.05) is 11.9 Å². The summed E-state index contributed by atoms with van der Waals surface area (Å²) < 4.78 is 0. The Morgan fingerprint density at radius 2 is 2.17 bits per heavy atom. The maximum Gasteiger partial charge on any atom is 0.193 e. The number of thiazole rings is 1. The van der Waals surface area contributed by atoms with Crippen LogP contribution in [0.2, 0.25) is 0 Å². The van der Waals surface area contributed by atoms with Gasteiger partial charge in [-0.05, 0) is 49.4 Å². The quantitative estimate of drug-likeness (QED) is 0.426. The van der Waals surface area contributed by atoms with E-state index in [0.29, 0.717) is 18.4 Å². The number of hydrogen-bond donors (Lipinski definition) is 2. The summed E-state index contributed by atoms with van der Waals surface area (Å²) in [5.74, 6) is 0.761. The minimum absolute atomic E-state index is 0. The Labute approximate surface area is 158 Å². The first kappa shape index (κ1) is 18.2. The number of guanidine groups is 1. The molecule has 4 nitrogen and oxygen atoms in total. The Bertz CT molecular complexity index is 696. The number of aliphatic imine (C=N–C) groups is 1. The Balaban J connectivity index is 0.00000192. The first-order chi connectivity index (χ1) is 10.6. The normalized spacial score (nSPS) is 15.0. The zero-order chi connectivity index (χ0) is 15.5. The molecule has 6 heteroatoms. The molecule has 0 fully saturated rings. The summed E-state index contributed by atoms with van der Waals surface area (Å²) in [6.07, 6.45) is 5.53. The molecule has 0 amide bonds. The van der Waals surface area contributed by atoms with Crippen molar-refractivity contribution in [3.8, 4) is 0 Å². The summed E-state index contributed by atoms with van der Waals surface area (Å²) in [5, 5.41) is 4.31. The molecular formula is C17H23IN4S. The number of nitrogens with two attached hydrogens (primary N) is 1. The van der Waals surface area contributed by atoms with Crippen molar-refractivity contribution in [2.45, 2.75) is 39.0 Å². The van der Waals surface area contributed by atoms with Crippen LogP contribution >= 0.6 is 35.3 Å². The molecule has 3 rings (SSSR count). The molecule has 0 saturated heterocycles. The summed E-state index contributed by atoms with van der Waals surface area (Å²) in [7, 11) is 0. The number of anilines is 1. The molecule has 3 N–H and O–H groups in total. The van der Waals surface area contributed by atoms with Crippen molar-refractivity contribution in [3.05, 3.63) is 45.4 Å². The second-order valence-electron chi connectivity index (χ2n) is 5.90. The topological polar surface area (TPSA) is 63.3 Å². The minimum atomic E-state index is 0. The molecule has 0 saturated carbocycles. The number of fused-ring (bicyclic) bond motifs is 1. The van der Waals surface area contributed by atoms with Gasteiger partial charge in [0.1, 0.15) is 0 Å². The molecule has 23 heavy (non-hydrogen) atoms. The van der Waals surface area contributed by atoms with Gasteiger partial charge < -0.3 is 11.1 Å². The lowest BCUT2D eigenvalue weighted by Crippen LogP contribution is -2.23. The standard InChI is InChI=1S/C17H22N4S.HI/c1-11(16-19-10-12(2)22-16)9-20-17(18)21-15-7-6-13-4-3-5-14(13)8-15;/h6-8,10-11H,3-5,9H2,1-2H3,(H3,18,20,21);1H. The monoisotopic (exact) mass is 442 g/mol. The highest BCUT2D eigenvalue weighted by molar-refractivity contribution is 14.0. The van der Waals surface area contributed by atoms with Gasteiger partial charge in [-0.2, -0.15) is 0 Å². The second-order valence-corrected chi connectivity index (χ2v) is 7.16. The average molecular weight is 442 g/mol. The van der Waals surface area contributed by atoms with Crippen LogP contribution in [-0.4, -0.2) is 17.5 Å². The molecule has 1 aromatic heterocycles. The second kappa shape index (κ2) is 8.10. The number of rotatable bonds is 4. The van der Waals surface area contributed by atoms with Crippen LogP contribution in [0.15, 0.2) is 29.4 Å². The molecule has 0 radical (unpaired) electrons. The van der Waals surface area contributed by atoms with E-state index in [4.69, 9.17) is 5.73 Å². The number of halogens is 1. The van der Waals surface area contributed by atoms with Crippen molar-refractivity contribution in [1.29, 1.82) is 0 Å². The van der Waals surface area contributed by atoms with Crippen LogP contribution in [0.1, 0.15) is 40.3 Å². The minimum Gasteiger partial charge on any atom is -0.370 e. The predicted molar refractivity (Wildman–Crippen MR) is 109 cm³/mol. The number of aryl methyl sites for hydroxylation is 3. The molecule has 1 aliphatic carbocycles. The summed E-state index contributed by atoms with van der Waals surface area (Å²) in [4.78, 5) is 10.1. The van der Waals surface area contributed by atoms with E-state index in [9.17, 15) is 0 Å². The molecule has 0 bridgehead atoms. The van der Waals surface area contributed by atoms with Crippen molar-refractivity contribution < 1.29 is 0 Å². The fourth-order valence-electron chi connectivity index (χ4n) is 2.75. The molecule has 0 spiro atoms. The lowest BCUT2D eigenvalue weighted by molar-refractivity contribution is 0.766. The Kier molecular flexibility index (Phi) is 6.41. The molecule has 1 aromatic carbocycles. The van der Waals surface area contributed by atoms with Crippen LogP contribution in [0.5, 0.6) is 0 Å². The van der Waals surface area contributed by atoms with Gasteiger partial charge in [0, 0.05) is 22.7 Å². The number of nitrogens with one attached hydrogen (secondary N) is 1. The molecule has 124 valence electrons. The third-order valence-electron chi connectivity index (χ3n) is 3.97. The van der Waals surface area contributed by atoms with Crippen molar-refractivity contribution in [2.24, 2.45) is 10.7 Å². The number of aromatic nitrogens is 1. The van der Waals surface area contributed by atoms with E-state index < -0.39 is 0 Å². The zero-order valence-corrected chi connectivity index (χ0v) is 16.7. The van der Waals surface area contributed by atoms with Gasteiger partial charge >= 0.3 is 0 Å². The van der Waals surface area contributed by atoms with E-state index in [1.54, 1.807) is 11.3 Å². The van der Waals surface area contributed by atoms with Crippen LogP contribution in [0, 0.1) is 6.92 Å². The molecule has 1 atom stereocenters. The SMILES string of the molecule is Cc1cnc(C(C)CN=C(N)Nc2ccc3c(c2)CCC3)s1.I. The smallest absolute Gasteiger partial charge is 0.193 e. The molecule has 0 aliphatic heterocycles. The van der Waals surface area contributed by atoms with Crippen molar-refractivity contribution >= 4 is 47.0 Å². The van der Waals surface area contributed by atoms with Gasteiger partial charge in [0.05, 0.1) is 11.6 Å². The largest absolute Gasteiger partial charge is 0.370 e. The first-order valence-corrected chi connectivity index (χ1v) is 8.54. The average Bonchev–Trinajstić information content (AvgIpc) is 3.13. The highest BCUT2D eigenvalue weighted by atomic mass is 127. The van der Waals surface area contributed by atoms with Crippen LogP contribution in [0.25, 0.3) is 0 Å². The summed E-state index contributed by atoms with van der Waals surface area (Å²) >= 11 is 1.72. The van der Waals surface area contributed by atoms with Crippen LogP contribution < -0.4 is 11.1 Å². The van der Waals surface area contributed by atoms with Crippen LogP contribution in [0.4, 0.5) is 5.69 Å². The number of benzene rings is 1. The molecule has 1 unspecified atom stereocenters.